The third-order valence-electron chi connectivity index (χ3n) is 2.50. The quantitative estimate of drug-likeness (QED) is 0.786. The third kappa shape index (κ3) is 2.60. The zero-order valence-electron chi connectivity index (χ0n) is 8.22. The molecule has 1 aliphatic rings. The van der Waals surface area contributed by atoms with Crippen LogP contribution in [0.25, 0.3) is 0 Å². The molecule has 0 amide bonds. The molecule has 1 aromatic carbocycles. The maximum Gasteiger partial charge on any atom is 0.255 e. The minimum absolute atomic E-state index is 0. The van der Waals surface area contributed by atoms with Gasteiger partial charge in [0.15, 0.2) is 0 Å². The summed E-state index contributed by atoms with van der Waals surface area (Å²) in [5, 5.41) is 0.643. The number of rotatable bonds is 2. The predicted molar refractivity (Wildman–Crippen MR) is 68.3 cm³/mol. The second-order valence-corrected chi connectivity index (χ2v) is 4.68. The van der Waals surface area contributed by atoms with Crippen molar-refractivity contribution in [2.45, 2.75) is 12.8 Å². The molecule has 0 saturated carbocycles. The highest BCUT2D eigenvalue weighted by atomic mass is 79.9. The molecule has 90 valence electrons. The summed E-state index contributed by atoms with van der Waals surface area (Å²) in [5.74, 6) is 0. The van der Waals surface area contributed by atoms with Crippen LogP contribution in [0.3, 0.4) is 0 Å². The highest BCUT2D eigenvalue weighted by Gasteiger charge is 2.24. The molecular formula is C10H10BrCl2F2N. The number of halogens is 5. The van der Waals surface area contributed by atoms with Gasteiger partial charge in [-0.05, 0) is 40.0 Å². The van der Waals surface area contributed by atoms with Crippen LogP contribution >= 0.6 is 39.9 Å². The van der Waals surface area contributed by atoms with Crippen LogP contribution in [0.5, 0.6) is 0 Å². The third-order valence-corrected chi connectivity index (χ3v) is 3.82. The molecule has 0 unspecified atom stereocenters. The lowest BCUT2D eigenvalue weighted by molar-refractivity contribution is 0.155. The first kappa shape index (κ1) is 14.0. The smallest absolute Gasteiger partial charge is 0.255 e. The molecule has 0 N–H and O–H groups in total. The highest BCUT2D eigenvalue weighted by Crippen LogP contribution is 2.37. The molecule has 0 spiro atoms. The number of benzene rings is 1. The van der Waals surface area contributed by atoms with Crippen molar-refractivity contribution in [2.75, 3.05) is 18.0 Å². The molecular weight excluding hydrogens is 323 g/mol. The maximum absolute atomic E-state index is 12.3. The zero-order valence-corrected chi connectivity index (χ0v) is 11.4. The molecule has 0 radical (unpaired) electrons. The van der Waals surface area contributed by atoms with Crippen molar-refractivity contribution in [3.05, 3.63) is 27.2 Å². The van der Waals surface area contributed by atoms with Gasteiger partial charge in [-0.3, -0.25) is 0 Å². The molecule has 0 aliphatic carbocycles. The summed E-state index contributed by atoms with van der Waals surface area (Å²) >= 11 is 9.40. The van der Waals surface area contributed by atoms with Crippen LogP contribution in [0.1, 0.15) is 5.56 Å². The first-order valence-electron chi connectivity index (χ1n) is 4.59. The Kier molecular flexibility index (Phi) is 4.83. The lowest BCUT2D eigenvalue weighted by Gasteiger charge is -2.18. The standard InChI is InChI=1S/C10H9BrClF2N.ClH/c11-7-1-2-8-6(10(7)12)3-4-15(8)5-9(13)14;/h1-2,9H,3-5H2;1H. The number of alkyl halides is 2. The van der Waals surface area contributed by atoms with Crippen LogP contribution in [0.2, 0.25) is 5.02 Å². The van der Waals surface area contributed by atoms with E-state index in [4.69, 9.17) is 11.6 Å². The molecule has 0 atom stereocenters. The average molecular weight is 333 g/mol. The van der Waals surface area contributed by atoms with E-state index in [1.165, 1.54) is 0 Å². The summed E-state index contributed by atoms with van der Waals surface area (Å²) in [6.07, 6.45) is -1.57. The van der Waals surface area contributed by atoms with Gasteiger partial charge in [0.2, 0.25) is 0 Å². The van der Waals surface area contributed by atoms with E-state index in [1.54, 1.807) is 11.0 Å². The lowest BCUT2D eigenvalue weighted by Crippen LogP contribution is -2.26. The number of nitrogens with zero attached hydrogens (tertiary/aromatic N) is 1. The van der Waals surface area contributed by atoms with Gasteiger partial charge in [0.25, 0.3) is 6.43 Å². The van der Waals surface area contributed by atoms with Crippen molar-refractivity contribution < 1.29 is 8.78 Å². The minimum Gasteiger partial charge on any atom is -0.365 e. The van der Waals surface area contributed by atoms with Crippen LogP contribution in [-0.2, 0) is 6.42 Å². The average Bonchev–Trinajstić information content (AvgIpc) is 2.55. The minimum atomic E-state index is -2.31. The molecule has 0 fully saturated rings. The van der Waals surface area contributed by atoms with Gasteiger partial charge in [-0.2, -0.15) is 0 Å². The Hall–Kier alpha value is -0.0600. The van der Waals surface area contributed by atoms with Crippen molar-refractivity contribution >= 4 is 45.6 Å². The summed E-state index contributed by atoms with van der Waals surface area (Å²) in [4.78, 5) is 1.68. The summed E-state index contributed by atoms with van der Waals surface area (Å²) in [6.45, 7) is 0.404. The second-order valence-electron chi connectivity index (χ2n) is 3.45. The number of fused-ring (bicyclic) bond motifs is 1. The van der Waals surface area contributed by atoms with E-state index >= 15 is 0 Å². The van der Waals surface area contributed by atoms with Crippen molar-refractivity contribution in [3.63, 3.8) is 0 Å². The van der Waals surface area contributed by atoms with Crippen molar-refractivity contribution in [2.24, 2.45) is 0 Å². The van der Waals surface area contributed by atoms with E-state index in [9.17, 15) is 8.78 Å². The fourth-order valence-electron chi connectivity index (χ4n) is 1.84. The van der Waals surface area contributed by atoms with Crippen LogP contribution < -0.4 is 4.90 Å². The molecule has 1 aromatic rings. The van der Waals surface area contributed by atoms with Crippen LogP contribution in [0.15, 0.2) is 16.6 Å². The van der Waals surface area contributed by atoms with Crippen LogP contribution in [-0.4, -0.2) is 19.5 Å². The SMILES string of the molecule is Cl.FC(F)CN1CCc2c1ccc(Br)c2Cl. The van der Waals surface area contributed by atoms with Crippen LogP contribution in [0.4, 0.5) is 14.5 Å². The molecule has 16 heavy (non-hydrogen) atoms. The summed E-state index contributed by atoms with van der Waals surface area (Å²) in [7, 11) is 0. The zero-order chi connectivity index (χ0) is 11.0. The van der Waals surface area contributed by atoms with Gasteiger partial charge in [-0.1, -0.05) is 11.6 Å². The van der Waals surface area contributed by atoms with E-state index in [1.807, 2.05) is 6.07 Å². The highest BCUT2D eigenvalue weighted by molar-refractivity contribution is 9.10. The fourth-order valence-corrected chi connectivity index (χ4v) is 2.47. The predicted octanol–water partition coefficient (Wildman–Crippen LogP) is 4.15. The first-order valence-corrected chi connectivity index (χ1v) is 5.76. The van der Waals surface area contributed by atoms with E-state index in [0.717, 1.165) is 22.1 Å². The summed E-state index contributed by atoms with van der Waals surface area (Å²) in [5.41, 5.74) is 1.80. The topological polar surface area (TPSA) is 3.24 Å². The summed E-state index contributed by atoms with van der Waals surface area (Å²) < 4.78 is 25.4. The van der Waals surface area contributed by atoms with Gasteiger partial charge in [-0.15, -0.1) is 12.4 Å². The van der Waals surface area contributed by atoms with Gasteiger partial charge in [0, 0.05) is 16.7 Å². The molecule has 0 saturated heterocycles. The maximum atomic E-state index is 12.3. The Morgan fingerprint density at radius 2 is 2.12 bits per heavy atom. The largest absolute Gasteiger partial charge is 0.365 e. The number of hydrogen-bond acceptors (Lipinski definition) is 1. The normalized spacial score (nSPS) is 13.9. The molecule has 6 heteroatoms. The monoisotopic (exact) mass is 331 g/mol. The first-order chi connectivity index (χ1) is 7.09. The van der Waals surface area contributed by atoms with Gasteiger partial charge in [0.05, 0.1) is 11.6 Å². The molecule has 0 aromatic heterocycles. The Balaban J connectivity index is 0.00000128. The van der Waals surface area contributed by atoms with Crippen molar-refractivity contribution in [1.82, 2.24) is 0 Å². The van der Waals surface area contributed by atoms with E-state index in [0.29, 0.717) is 11.6 Å². The molecule has 1 nitrogen and oxygen atoms in total. The Morgan fingerprint density at radius 3 is 2.75 bits per heavy atom. The van der Waals surface area contributed by atoms with E-state index < -0.39 is 6.43 Å². The molecule has 2 rings (SSSR count). The van der Waals surface area contributed by atoms with Gasteiger partial charge >= 0.3 is 0 Å². The van der Waals surface area contributed by atoms with Gasteiger partial charge in [0.1, 0.15) is 0 Å². The Labute approximate surface area is 112 Å². The molecule has 1 heterocycles. The van der Waals surface area contributed by atoms with Crippen molar-refractivity contribution in [3.8, 4) is 0 Å². The lowest BCUT2D eigenvalue weighted by atomic mass is 10.2. The number of hydrogen-bond donors (Lipinski definition) is 0. The molecule has 0 bridgehead atoms. The van der Waals surface area contributed by atoms with Crippen LogP contribution in [0, 0.1) is 0 Å². The summed E-state index contributed by atoms with van der Waals surface area (Å²) in [6, 6.07) is 3.63. The number of anilines is 1. The fraction of sp³-hybridized carbons (Fsp3) is 0.400. The van der Waals surface area contributed by atoms with E-state index in [-0.39, 0.29) is 19.0 Å². The Bertz CT molecular complexity index is 387. The molecule has 1 aliphatic heterocycles. The van der Waals surface area contributed by atoms with E-state index in [2.05, 4.69) is 15.9 Å². The second kappa shape index (κ2) is 5.52. The Morgan fingerprint density at radius 1 is 1.44 bits per heavy atom. The van der Waals surface area contributed by atoms with Gasteiger partial charge in [-0.25, -0.2) is 8.78 Å². The van der Waals surface area contributed by atoms with Gasteiger partial charge < -0.3 is 4.90 Å². The van der Waals surface area contributed by atoms with Crippen molar-refractivity contribution in [1.29, 1.82) is 0 Å².